The minimum atomic E-state index is 0.126. The summed E-state index contributed by atoms with van der Waals surface area (Å²) in [6.45, 7) is 11.0. The molecule has 14 heavy (non-hydrogen) atoms. The first-order valence-electron chi connectivity index (χ1n) is 5.54. The number of piperazine rings is 1. The highest BCUT2D eigenvalue weighted by Crippen LogP contribution is 2.10. The number of nitrogens with zero attached hydrogens (tertiary/aromatic N) is 1. The number of amides is 1. The molecule has 1 atom stereocenters. The third-order valence-corrected chi connectivity index (χ3v) is 2.82. The fourth-order valence-electron chi connectivity index (χ4n) is 1.79. The van der Waals surface area contributed by atoms with Crippen molar-refractivity contribution in [3.63, 3.8) is 0 Å². The minimum absolute atomic E-state index is 0.126. The topological polar surface area (TPSA) is 32.3 Å². The lowest BCUT2D eigenvalue weighted by atomic mass is 10.0. The summed E-state index contributed by atoms with van der Waals surface area (Å²) in [5.41, 5.74) is 0. The van der Waals surface area contributed by atoms with Crippen LogP contribution < -0.4 is 5.32 Å². The van der Waals surface area contributed by atoms with Gasteiger partial charge in [0.25, 0.3) is 0 Å². The van der Waals surface area contributed by atoms with Gasteiger partial charge in [-0.2, -0.15) is 0 Å². The monoisotopic (exact) mass is 198 g/mol. The van der Waals surface area contributed by atoms with Gasteiger partial charge < -0.3 is 10.2 Å². The number of hydrogen-bond donors (Lipinski definition) is 1. The van der Waals surface area contributed by atoms with Gasteiger partial charge >= 0.3 is 0 Å². The van der Waals surface area contributed by atoms with Gasteiger partial charge in [-0.1, -0.05) is 27.7 Å². The standard InChI is InChI=1S/C11H22N2O/c1-8(2)10-7-13(6-5-12-10)11(14)9(3)4/h8-10,12H,5-7H2,1-4H3. The molecule has 82 valence electrons. The van der Waals surface area contributed by atoms with Crippen LogP contribution in [0.25, 0.3) is 0 Å². The zero-order valence-electron chi connectivity index (χ0n) is 9.71. The van der Waals surface area contributed by atoms with Crippen LogP contribution in [-0.4, -0.2) is 36.5 Å². The van der Waals surface area contributed by atoms with Crippen molar-refractivity contribution < 1.29 is 4.79 Å². The lowest BCUT2D eigenvalue weighted by molar-refractivity contribution is -0.135. The number of rotatable bonds is 2. The van der Waals surface area contributed by atoms with E-state index >= 15 is 0 Å². The number of nitrogens with one attached hydrogen (secondary N) is 1. The van der Waals surface area contributed by atoms with Crippen molar-refractivity contribution in [1.29, 1.82) is 0 Å². The summed E-state index contributed by atoms with van der Waals surface area (Å²) in [6, 6.07) is 0.464. The van der Waals surface area contributed by atoms with E-state index in [9.17, 15) is 4.79 Å². The Kier molecular flexibility index (Phi) is 3.93. The van der Waals surface area contributed by atoms with Crippen molar-refractivity contribution in [2.45, 2.75) is 33.7 Å². The molecular formula is C11H22N2O. The molecule has 1 heterocycles. The second kappa shape index (κ2) is 4.78. The number of carbonyl (C=O) groups is 1. The van der Waals surface area contributed by atoms with E-state index < -0.39 is 0 Å². The highest BCUT2D eigenvalue weighted by atomic mass is 16.2. The van der Waals surface area contributed by atoms with Gasteiger partial charge in [0.05, 0.1) is 0 Å². The summed E-state index contributed by atoms with van der Waals surface area (Å²) >= 11 is 0. The van der Waals surface area contributed by atoms with Gasteiger partial charge in [-0.3, -0.25) is 4.79 Å². The highest BCUT2D eigenvalue weighted by molar-refractivity contribution is 5.78. The molecule has 1 unspecified atom stereocenters. The van der Waals surface area contributed by atoms with Crippen LogP contribution >= 0.6 is 0 Å². The molecule has 3 nitrogen and oxygen atoms in total. The van der Waals surface area contributed by atoms with E-state index in [0.29, 0.717) is 12.0 Å². The summed E-state index contributed by atoms with van der Waals surface area (Å²) in [6.07, 6.45) is 0. The second-order valence-electron chi connectivity index (χ2n) is 4.74. The fraction of sp³-hybridized carbons (Fsp3) is 0.909. The van der Waals surface area contributed by atoms with Crippen LogP contribution in [0.3, 0.4) is 0 Å². The van der Waals surface area contributed by atoms with E-state index in [1.807, 2.05) is 18.7 Å². The Hall–Kier alpha value is -0.570. The summed E-state index contributed by atoms with van der Waals surface area (Å²) < 4.78 is 0. The lowest BCUT2D eigenvalue weighted by Gasteiger charge is -2.36. The van der Waals surface area contributed by atoms with E-state index in [4.69, 9.17) is 0 Å². The molecule has 1 fully saturated rings. The molecule has 1 aliphatic rings. The first kappa shape index (κ1) is 11.5. The van der Waals surface area contributed by atoms with Crippen molar-refractivity contribution in [3.8, 4) is 0 Å². The van der Waals surface area contributed by atoms with Crippen molar-refractivity contribution in [1.82, 2.24) is 10.2 Å². The Morgan fingerprint density at radius 2 is 2.00 bits per heavy atom. The number of carbonyl (C=O) groups excluding carboxylic acids is 1. The molecule has 1 rings (SSSR count). The predicted octanol–water partition coefficient (Wildman–Crippen LogP) is 1.10. The van der Waals surface area contributed by atoms with Gasteiger partial charge in [-0.25, -0.2) is 0 Å². The smallest absolute Gasteiger partial charge is 0.225 e. The van der Waals surface area contributed by atoms with Crippen LogP contribution in [0.15, 0.2) is 0 Å². The summed E-state index contributed by atoms with van der Waals surface area (Å²) in [5, 5.41) is 3.45. The minimum Gasteiger partial charge on any atom is -0.340 e. The highest BCUT2D eigenvalue weighted by Gasteiger charge is 2.25. The summed E-state index contributed by atoms with van der Waals surface area (Å²) in [7, 11) is 0. The van der Waals surface area contributed by atoms with Crippen LogP contribution in [0, 0.1) is 11.8 Å². The van der Waals surface area contributed by atoms with E-state index in [2.05, 4.69) is 19.2 Å². The zero-order chi connectivity index (χ0) is 10.7. The van der Waals surface area contributed by atoms with Crippen LogP contribution in [0.5, 0.6) is 0 Å². The van der Waals surface area contributed by atoms with Gasteiger partial charge in [0, 0.05) is 31.6 Å². The first-order valence-corrected chi connectivity index (χ1v) is 5.54. The van der Waals surface area contributed by atoms with Gasteiger partial charge in [-0.05, 0) is 5.92 Å². The Balaban J connectivity index is 2.51. The normalized spacial score (nSPS) is 23.3. The van der Waals surface area contributed by atoms with Crippen LogP contribution in [0.1, 0.15) is 27.7 Å². The molecule has 0 saturated carbocycles. The molecule has 1 amide bonds. The first-order chi connectivity index (χ1) is 6.52. The average Bonchev–Trinajstić information content (AvgIpc) is 2.16. The average molecular weight is 198 g/mol. The van der Waals surface area contributed by atoms with Crippen LogP contribution in [0.2, 0.25) is 0 Å². The maximum atomic E-state index is 11.8. The van der Waals surface area contributed by atoms with E-state index in [-0.39, 0.29) is 11.8 Å². The molecule has 0 spiro atoms. The van der Waals surface area contributed by atoms with Crippen LogP contribution in [0.4, 0.5) is 0 Å². The third-order valence-electron chi connectivity index (χ3n) is 2.82. The Labute approximate surface area is 86.9 Å². The van der Waals surface area contributed by atoms with Gasteiger partial charge in [0.15, 0.2) is 0 Å². The maximum absolute atomic E-state index is 11.8. The van der Waals surface area contributed by atoms with Crippen molar-refractivity contribution >= 4 is 5.91 Å². The third kappa shape index (κ3) is 2.71. The van der Waals surface area contributed by atoms with Crippen LogP contribution in [-0.2, 0) is 4.79 Å². The van der Waals surface area contributed by atoms with E-state index in [0.717, 1.165) is 19.6 Å². The maximum Gasteiger partial charge on any atom is 0.225 e. The van der Waals surface area contributed by atoms with Gasteiger partial charge in [-0.15, -0.1) is 0 Å². The predicted molar refractivity (Wildman–Crippen MR) is 58.0 cm³/mol. The van der Waals surface area contributed by atoms with E-state index in [1.54, 1.807) is 0 Å². The molecule has 0 aromatic heterocycles. The molecule has 0 aliphatic carbocycles. The Bertz CT molecular complexity index is 201. The van der Waals surface area contributed by atoms with Crippen molar-refractivity contribution in [2.75, 3.05) is 19.6 Å². The number of hydrogen-bond acceptors (Lipinski definition) is 2. The zero-order valence-corrected chi connectivity index (χ0v) is 9.71. The van der Waals surface area contributed by atoms with Gasteiger partial charge in [0.1, 0.15) is 0 Å². The molecule has 1 aliphatic heterocycles. The van der Waals surface area contributed by atoms with E-state index in [1.165, 1.54) is 0 Å². The van der Waals surface area contributed by atoms with Crippen molar-refractivity contribution in [2.24, 2.45) is 11.8 Å². The molecule has 0 bridgehead atoms. The fourth-order valence-corrected chi connectivity index (χ4v) is 1.79. The molecular weight excluding hydrogens is 176 g/mol. The van der Waals surface area contributed by atoms with Crippen molar-refractivity contribution in [3.05, 3.63) is 0 Å². The second-order valence-corrected chi connectivity index (χ2v) is 4.74. The van der Waals surface area contributed by atoms with Gasteiger partial charge in [0.2, 0.25) is 5.91 Å². The molecule has 0 aromatic carbocycles. The quantitative estimate of drug-likeness (QED) is 0.720. The lowest BCUT2D eigenvalue weighted by Crippen LogP contribution is -2.55. The summed E-state index contributed by atoms with van der Waals surface area (Å²) in [5.74, 6) is 1.01. The Morgan fingerprint density at radius 3 is 2.50 bits per heavy atom. The molecule has 0 aromatic rings. The summed E-state index contributed by atoms with van der Waals surface area (Å²) in [4.78, 5) is 13.8. The largest absolute Gasteiger partial charge is 0.340 e. The molecule has 1 N–H and O–H groups in total. The molecule has 0 radical (unpaired) electrons. The molecule has 3 heteroatoms. The Morgan fingerprint density at radius 1 is 1.36 bits per heavy atom. The molecule has 1 saturated heterocycles. The SMILES string of the molecule is CC(C)C(=O)N1CCNC(C(C)C)C1.